The fourth-order valence-electron chi connectivity index (χ4n) is 3.92. The van der Waals surface area contributed by atoms with Crippen LogP contribution in [0.25, 0.3) is 0 Å². The second kappa shape index (κ2) is 8.66. The van der Waals surface area contributed by atoms with Crippen molar-refractivity contribution >= 4 is 21.8 Å². The Labute approximate surface area is 169 Å². The number of hydrogen-bond acceptors (Lipinski definition) is 6. The number of carbonyl (C=O) groups excluding carboxylic acids is 1. The van der Waals surface area contributed by atoms with Crippen LogP contribution in [0.15, 0.2) is 23.1 Å². The molecule has 0 radical (unpaired) electrons. The van der Waals surface area contributed by atoms with Gasteiger partial charge in [0.2, 0.25) is 5.91 Å². The molecule has 0 spiro atoms. The van der Waals surface area contributed by atoms with E-state index < -0.39 is 21.7 Å². The Morgan fingerprint density at radius 3 is 2.48 bits per heavy atom. The van der Waals surface area contributed by atoms with Gasteiger partial charge in [0.15, 0.2) is 21.4 Å². The number of rotatable bonds is 5. The molecule has 160 valence electrons. The minimum Gasteiger partial charge on any atom is -0.490 e. The molecule has 2 aliphatic rings. The minimum atomic E-state index is -3.47. The molecule has 1 aliphatic heterocycles. The molecule has 0 bridgehead atoms. The molecule has 1 saturated carbocycles. The van der Waals surface area contributed by atoms with E-state index in [4.69, 9.17) is 9.84 Å². The highest BCUT2D eigenvalue weighted by Crippen LogP contribution is 2.30. The van der Waals surface area contributed by atoms with Gasteiger partial charge in [-0.2, -0.15) is 0 Å². The Morgan fingerprint density at radius 2 is 1.93 bits per heavy atom. The minimum absolute atomic E-state index is 0.0370. The van der Waals surface area contributed by atoms with Crippen molar-refractivity contribution in [3.8, 4) is 5.75 Å². The van der Waals surface area contributed by atoms with Crippen molar-refractivity contribution in [2.24, 2.45) is 5.92 Å². The molecule has 29 heavy (non-hydrogen) atoms. The van der Waals surface area contributed by atoms with Crippen LogP contribution in [0.1, 0.15) is 25.7 Å². The van der Waals surface area contributed by atoms with Crippen LogP contribution < -0.4 is 4.74 Å². The highest BCUT2D eigenvalue weighted by Gasteiger charge is 2.34. The Kier molecular flexibility index (Phi) is 6.42. The molecule has 1 aliphatic carbocycles. The maximum atomic E-state index is 14.1. The standard InChI is InChI=1S/C19H25FN2O6S/c1-29(26,27)15-6-7-17(16(20)10-15)28-12-13-2-4-14(5-3-13)21-8-9-22(19(24)25)18(23)11-21/h6-7,10,13-14H,2-5,8-9,11-12H2,1H3,(H,24,25)/t13-,14-. The lowest BCUT2D eigenvalue weighted by molar-refractivity contribution is -0.134. The molecule has 2 fully saturated rings. The second-order valence-electron chi connectivity index (χ2n) is 7.65. The van der Waals surface area contributed by atoms with Crippen molar-refractivity contribution in [2.45, 2.75) is 36.6 Å². The molecule has 1 N–H and O–H groups in total. The van der Waals surface area contributed by atoms with Crippen LogP contribution in [0.2, 0.25) is 0 Å². The zero-order valence-electron chi connectivity index (χ0n) is 16.2. The molecule has 3 rings (SSSR count). The molecular weight excluding hydrogens is 403 g/mol. The van der Waals surface area contributed by atoms with Gasteiger partial charge in [0.1, 0.15) is 0 Å². The highest BCUT2D eigenvalue weighted by atomic mass is 32.2. The number of carbonyl (C=O) groups is 2. The van der Waals surface area contributed by atoms with Gasteiger partial charge in [-0.25, -0.2) is 22.5 Å². The lowest BCUT2D eigenvalue weighted by atomic mass is 9.85. The maximum Gasteiger partial charge on any atom is 0.414 e. The average Bonchev–Trinajstić information content (AvgIpc) is 2.66. The van der Waals surface area contributed by atoms with E-state index in [2.05, 4.69) is 0 Å². The molecule has 0 atom stereocenters. The van der Waals surface area contributed by atoms with Gasteiger partial charge in [-0.1, -0.05) is 0 Å². The van der Waals surface area contributed by atoms with Gasteiger partial charge in [0, 0.05) is 25.4 Å². The summed E-state index contributed by atoms with van der Waals surface area (Å²) in [5.41, 5.74) is 0. The molecular formula is C19H25FN2O6S. The number of sulfone groups is 1. The van der Waals surface area contributed by atoms with Gasteiger partial charge in [0.25, 0.3) is 0 Å². The maximum absolute atomic E-state index is 14.1. The number of nitrogens with zero attached hydrogens (tertiary/aromatic N) is 2. The van der Waals surface area contributed by atoms with Crippen molar-refractivity contribution in [3.05, 3.63) is 24.0 Å². The molecule has 1 saturated heterocycles. The summed E-state index contributed by atoms with van der Waals surface area (Å²) < 4.78 is 42.6. The Balaban J connectivity index is 1.47. The number of hydrogen-bond donors (Lipinski definition) is 1. The zero-order chi connectivity index (χ0) is 21.2. The predicted molar refractivity (Wildman–Crippen MR) is 102 cm³/mol. The van der Waals surface area contributed by atoms with Crippen LogP contribution in [-0.4, -0.2) is 73.9 Å². The van der Waals surface area contributed by atoms with E-state index in [0.717, 1.165) is 42.9 Å². The fourth-order valence-corrected chi connectivity index (χ4v) is 4.55. The SMILES string of the molecule is CS(=O)(=O)c1ccc(OC[C@H]2CC[C@H](N3CCN(C(=O)O)C(=O)C3)CC2)c(F)c1. The predicted octanol–water partition coefficient (Wildman–Crippen LogP) is 1.99. The zero-order valence-corrected chi connectivity index (χ0v) is 17.0. The second-order valence-corrected chi connectivity index (χ2v) is 9.66. The van der Waals surface area contributed by atoms with Crippen LogP contribution in [-0.2, 0) is 14.6 Å². The third-order valence-corrected chi connectivity index (χ3v) is 6.73. The number of benzene rings is 1. The Bertz CT molecular complexity index is 883. The van der Waals surface area contributed by atoms with Crippen LogP contribution in [0.5, 0.6) is 5.75 Å². The van der Waals surface area contributed by atoms with E-state index in [-0.39, 0.29) is 41.6 Å². The summed E-state index contributed by atoms with van der Waals surface area (Å²) in [7, 11) is -3.47. The summed E-state index contributed by atoms with van der Waals surface area (Å²) in [6.45, 7) is 1.20. The van der Waals surface area contributed by atoms with Crippen LogP contribution in [0, 0.1) is 11.7 Å². The van der Waals surface area contributed by atoms with E-state index in [1.807, 2.05) is 4.90 Å². The Hall–Kier alpha value is -2.20. The average molecular weight is 428 g/mol. The molecule has 10 heteroatoms. The molecule has 1 aromatic carbocycles. The highest BCUT2D eigenvalue weighted by molar-refractivity contribution is 7.90. The smallest absolute Gasteiger partial charge is 0.414 e. The van der Waals surface area contributed by atoms with E-state index in [0.29, 0.717) is 13.2 Å². The molecule has 0 aromatic heterocycles. The van der Waals surface area contributed by atoms with Gasteiger partial charge in [0.05, 0.1) is 18.0 Å². The van der Waals surface area contributed by atoms with E-state index in [9.17, 15) is 22.4 Å². The third kappa shape index (κ3) is 5.24. The lowest BCUT2D eigenvalue weighted by Gasteiger charge is -2.40. The van der Waals surface area contributed by atoms with Gasteiger partial charge >= 0.3 is 6.09 Å². The molecule has 8 nitrogen and oxygen atoms in total. The van der Waals surface area contributed by atoms with Crippen molar-refractivity contribution in [2.75, 3.05) is 32.5 Å². The number of carboxylic acid groups (broad SMARTS) is 1. The summed E-state index contributed by atoms with van der Waals surface area (Å²) >= 11 is 0. The first-order valence-corrected chi connectivity index (χ1v) is 11.4. The summed E-state index contributed by atoms with van der Waals surface area (Å²) in [6, 6.07) is 3.87. The first kappa shape index (κ1) is 21.5. The Morgan fingerprint density at radius 1 is 1.24 bits per heavy atom. The normalized spacial score (nSPS) is 23.8. The summed E-state index contributed by atoms with van der Waals surface area (Å²) in [4.78, 5) is 25.7. The van der Waals surface area contributed by atoms with E-state index >= 15 is 0 Å². The lowest BCUT2D eigenvalue weighted by Crippen LogP contribution is -2.55. The topological polar surface area (TPSA) is 104 Å². The van der Waals surface area contributed by atoms with Gasteiger partial charge in [-0.3, -0.25) is 9.69 Å². The van der Waals surface area contributed by atoms with E-state index in [1.165, 1.54) is 12.1 Å². The number of piperazine rings is 1. The van der Waals surface area contributed by atoms with Crippen molar-refractivity contribution in [1.29, 1.82) is 0 Å². The number of amides is 2. The fraction of sp³-hybridized carbons (Fsp3) is 0.579. The first-order chi connectivity index (χ1) is 13.6. The van der Waals surface area contributed by atoms with Crippen LogP contribution in [0.3, 0.4) is 0 Å². The molecule has 1 aromatic rings. The molecule has 0 unspecified atom stereocenters. The van der Waals surface area contributed by atoms with Gasteiger partial charge < -0.3 is 9.84 Å². The van der Waals surface area contributed by atoms with E-state index in [1.54, 1.807) is 0 Å². The summed E-state index contributed by atoms with van der Waals surface area (Å²) in [5, 5.41) is 8.98. The largest absolute Gasteiger partial charge is 0.490 e. The molecule has 2 amide bonds. The first-order valence-electron chi connectivity index (χ1n) is 9.55. The van der Waals surface area contributed by atoms with Crippen molar-refractivity contribution in [1.82, 2.24) is 9.80 Å². The van der Waals surface area contributed by atoms with Crippen LogP contribution >= 0.6 is 0 Å². The summed E-state index contributed by atoms with van der Waals surface area (Å²) in [6.07, 6.45) is 3.28. The number of halogens is 1. The summed E-state index contributed by atoms with van der Waals surface area (Å²) in [5.74, 6) is -0.801. The monoisotopic (exact) mass is 428 g/mol. The third-order valence-electron chi connectivity index (χ3n) is 5.62. The van der Waals surface area contributed by atoms with Crippen molar-refractivity contribution in [3.63, 3.8) is 0 Å². The van der Waals surface area contributed by atoms with Crippen LogP contribution in [0.4, 0.5) is 9.18 Å². The number of imide groups is 1. The van der Waals surface area contributed by atoms with Crippen molar-refractivity contribution < 1.29 is 32.2 Å². The van der Waals surface area contributed by atoms with Gasteiger partial charge in [-0.05, 0) is 49.8 Å². The van der Waals surface area contributed by atoms with Gasteiger partial charge in [-0.15, -0.1) is 0 Å². The quantitative estimate of drug-likeness (QED) is 0.765. The number of ether oxygens (including phenoxy) is 1. The molecule has 1 heterocycles.